The second kappa shape index (κ2) is 9.85. The summed E-state index contributed by atoms with van der Waals surface area (Å²) in [6.07, 6.45) is 1.61. The summed E-state index contributed by atoms with van der Waals surface area (Å²) in [4.78, 5) is 33.3. The highest BCUT2D eigenvalue weighted by Crippen LogP contribution is 2.45. The molecule has 0 aliphatic carbocycles. The Morgan fingerprint density at radius 2 is 1.90 bits per heavy atom. The minimum Gasteiger partial charge on any atom is -0.507 e. The van der Waals surface area contributed by atoms with E-state index in [2.05, 4.69) is 6.92 Å². The number of aromatic nitrogens is 1. The SMILES string of the molecule is CCOc1ccc2nc(N3C(=O)C(=O)/C(=C(/O)c4ccc5c(c4)C[C@H](C)O5)[C@@H]3c3ccc(CC)cc3)sc2c1. The Hall–Kier alpha value is -4.17. The van der Waals surface area contributed by atoms with Gasteiger partial charge >= 0.3 is 5.91 Å². The van der Waals surface area contributed by atoms with Crippen molar-refractivity contribution < 1.29 is 24.2 Å². The summed E-state index contributed by atoms with van der Waals surface area (Å²) < 4.78 is 12.3. The van der Waals surface area contributed by atoms with Crippen LogP contribution in [0.25, 0.3) is 16.0 Å². The summed E-state index contributed by atoms with van der Waals surface area (Å²) in [6, 6.07) is 17.9. The van der Waals surface area contributed by atoms with Gasteiger partial charge in [-0.1, -0.05) is 42.5 Å². The number of carbonyl (C=O) groups excluding carboxylic acids is 2. The number of aliphatic hydroxyl groups is 1. The fourth-order valence-corrected chi connectivity index (χ4v) is 6.28. The first kappa shape index (κ1) is 25.1. The molecule has 0 bridgehead atoms. The number of amides is 1. The topological polar surface area (TPSA) is 89.0 Å². The number of ketones is 1. The number of hydrogen-bond donors (Lipinski definition) is 1. The minimum atomic E-state index is -0.828. The van der Waals surface area contributed by atoms with Gasteiger partial charge in [0.05, 0.1) is 28.4 Å². The van der Waals surface area contributed by atoms with E-state index >= 15 is 0 Å². The highest BCUT2D eigenvalue weighted by Gasteiger charge is 2.48. The fourth-order valence-electron chi connectivity index (χ4n) is 5.26. The predicted molar refractivity (Wildman–Crippen MR) is 152 cm³/mol. The van der Waals surface area contributed by atoms with Crippen molar-refractivity contribution in [3.63, 3.8) is 0 Å². The second-order valence-corrected chi connectivity index (χ2v) is 10.8. The lowest BCUT2D eigenvalue weighted by Gasteiger charge is -2.23. The molecule has 7 nitrogen and oxygen atoms in total. The summed E-state index contributed by atoms with van der Waals surface area (Å²) in [5.74, 6) is -0.182. The number of anilines is 1. The van der Waals surface area contributed by atoms with Crippen LogP contribution in [-0.4, -0.2) is 34.5 Å². The Kier molecular flexibility index (Phi) is 6.35. The molecule has 2 atom stereocenters. The molecular formula is C31H28N2O5S. The van der Waals surface area contributed by atoms with Crippen LogP contribution in [0.1, 0.15) is 49.1 Å². The number of rotatable bonds is 6. The van der Waals surface area contributed by atoms with Crippen LogP contribution in [0, 0.1) is 0 Å². The van der Waals surface area contributed by atoms with Crippen molar-refractivity contribution in [1.29, 1.82) is 0 Å². The summed E-state index contributed by atoms with van der Waals surface area (Å²) in [5, 5.41) is 11.9. The molecule has 1 saturated heterocycles. The third kappa shape index (κ3) is 4.34. The largest absolute Gasteiger partial charge is 0.507 e. The van der Waals surface area contributed by atoms with Gasteiger partial charge in [0.25, 0.3) is 5.78 Å². The Labute approximate surface area is 230 Å². The van der Waals surface area contributed by atoms with Crippen LogP contribution in [0.2, 0.25) is 0 Å². The third-order valence-electron chi connectivity index (χ3n) is 7.18. The van der Waals surface area contributed by atoms with Gasteiger partial charge in [-0.15, -0.1) is 0 Å². The van der Waals surface area contributed by atoms with Crippen LogP contribution in [-0.2, 0) is 22.4 Å². The number of ether oxygens (including phenoxy) is 2. The van der Waals surface area contributed by atoms with E-state index in [0.29, 0.717) is 35.0 Å². The first-order valence-electron chi connectivity index (χ1n) is 13.1. The van der Waals surface area contributed by atoms with E-state index in [-0.39, 0.29) is 17.4 Å². The molecule has 0 saturated carbocycles. The molecule has 1 N–H and O–H groups in total. The normalized spacial score (nSPS) is 19.9. The number of nitrogens with zero attached hydrogens (tertiary/aromatic N) is 2. The minimum absolute atomic E-state index is 0.0438. The van der Waals surface area contributed by atoms with E-state index in [1.165, 1.54) is 16.2 Å². The lowest BCUT2D eigenvalue weighted by atomic mass is 9.94. The van der Waals surface area contributed by atoms with E-state index < -0.39 is 17.7 Å². The maximum absolute atomic E-state index is 13.6. The molecule has 1 aromatic heterocycles. The zero-order valence-electron chi connectivity index (χ0n) is 21.9. The molecule has 6 rings (SSSR count). The van der Waals surface area contributed by atoms with Gasteiger partial charge in [-0.25, -0.2) is 4.98 Å². The van der Waals surface area contributed by atoms with Gasteiger partial charge in [0.2, 0.25) is 0 Å². The van der Waals surface area contributed by atoms with Crippen LogP contribution in [0.3, 0.4) is 0 Å². The molecule has 0 unspecified atom stereocenters. The van der Waals surface area contributed by atoms with E-state index in [9.17, 15) is 14.7 Å². The Morgan fingerprint density at radius 3 is 2.64 bits per heavy atom. The fraction of sp³-hybridized carbons (Fsp3) is 0.258. The highest BCUT2D eigenvalue weighted by atomic mass is 32.1. The maximum atomic E-state index is 13.6. The van der Waals surface area contributed by atoms with Gasteiger partial charge in [-0.05, 0) is 73.4 Å². The molecule has 1 fully saturated rings. The van der Waals surface area contributed by atoms with Gasteiger partial charge in [0.1, 0.15) is 23.4 Å². The number of fused-ring (bicyclic) bond motifs is 2. The summed E-state index contributed by atoms with van der Waals surface area (Å²) in [6.45, 7) is 6.50. The Morgan fingerprint density at radius 1 is 1.10 bits per heavy atom. The van der Waals surface area contributed by atoms with Gasteiger partial charge in [-0.3, -0.25) is 14.5 Å². The molecule has 8 heteroatoms. The lowest BCUT2D eigenvalue weighted by Crippen LogP contribution is -2.29. The van der Waals surface area contributed by atoms with Crippen LogP contribution in [0.4, 0.5) is 5.13 Å². The quantitative estimate of drug-likeness (QED) is 0.178. The lowest BCUT2D eigenvalue weighted by molar-refractivity contribution is -0.132. The summed E-state index contributed by atoms with van der Waals surface area (Å²) in [5.41, 5.74) is 4.04. The van der Waals surface area contributed by atoms with Crippen LogP contribution < -0.4 is 14.4 Å². The van der Waals surface area contributed by atoms with E-state index in [1.54, 1.807) is 12.1 Å². The zero-order chi connectivity index (χ0) is 27.3. The molecule has 0 radical (unpaired) electrons. The molecular weight excluding hydrogens is 512 g/mol. The van der Waals surface area contributed by atoms with E-state index in [0.717, 1.165) is 33.6 Å². The van der Waals surface area contributed by atoms with Gasteiger partial charge in [0.15, 0.2) is 5.13 Å². The Balaban J connectivity index is 1.50. The Bertz CT molecular complexity index is 1640. The van der Waals surface area contributed by atoms with Gasteiger partial charge in [0, 0.05) is 12.0 Å². The van der Waals surface area contributed by atoms with Crippen LogP contribution >= 0.6 is 11.3 Å². The molecule has 0 spiro atoms. The van der Waals surface area contributed by atoms with E-state index in [4.69, 9.17) is 14.5 Å². The van der Waals surface area contributed by atoms with Crippen molar-refractivity contribution in [1.82, 2.24) is 4.98 Å². The molecule has 2 aliphatic heterocycles. The number of thiazole rings is 1. The average Bonchev–Trinajstić information content (AvgIpc) is 3.60. The molecule has 198 valence electrons. The number of benzene rings is 3. The van der Waals surface area contributed by atoms with Crippen LogP contribution in [0.15, 0.2) is 66.2 Å². The molecule has 3 aromatic carbocycles. The summed E-state index contributed by atoms with van der Waals surface area (Å²) in [7, 11) is 0. The monoisotopic (exact) mass is 540 g/mol. The number of Topliss-reactive ketones (excluding diaryl/α,β-unsaturated/α-hetero) is 1. The molecule has 2 aliphatic rings. The van der Waals surface area contributed by atoms with Crippen LogP contribution in [0.5, 0.6) is 11.5 Å². The number of aryl methyl sites for hydroxylation is 1. The average molecular weight is 541 g/mol. The predicted octanol–water partition coefficient (Wildman–Crippen LogP) is 6.21. The second-order valence-electron chi connectivity index (χ2n) is 9.78. The third-order valence-corrected chi connectivity index (χ3v) is 8.20. The molecule has 1 amide bonds. The van der Waals surface area contributed by atoms with Crippen molar-refractivity contribution >= 4 is 44.1 Å². The highest BCUT2D eigenvalue weighted by molar-refractivity contribution is 7.22. The number of hydrogen-bond acceptors (Lipinski definition) is 7. The van der Waals surface area contributed by atoms with Gasteiger partial charge < -0.3 is 14.6 Å². The van der Waals surface area contributed by atoms with Crippen molar-refractivity contribution in [2.45, 2.75) is 45.8 Å². The smallest absolute Gasteiger partial charge is 0.301 e. The van der Waals surface area contributed by atoms with Crippen molar-refractivity contribution in [3.8, 4) is 11.5 Å². The maximum Gasteiger partial charge on any atom is 0.301 e. The number of aliphatic hydroxyl groups excluding tert-OH is 1. The van der Waals surface area contributed by atoms with Crippen molar-refractivity contribution in [2.75, 3.05) is 11.5 Å². The molecule has 3 heterocycles. The molecule has 4 aromatic rings. The number of carbonyl (C=O) groups is 2. The standard InChI is InChI=1S/C31H28N2O5S/c1-4-18-6-8-19(9-7-18)27-26(28(34)20-10-13-24-21(15-20)14-17(3)38-24)29(35)30(36)33(27)31-32-23-12-11-22(37-5-2)16-25(23)39-31/h6-13,15-17,27,34H,4-5,14H2,1-3H3/b28-26+/t17-,27-/m0/s1. The summed E-state index contributed by atoms with van der Waals surface area (Å²) >= 11 is 1.31. The van der Waals surface area contributed by atoms with Crippen molar-refractivity contribution in [3.05, 3.63) is 88.5 Å². The van der Waals surface area contributed by atoms with Crippen molar-refractivity contribution in [2.24, 2.45) is 0 Å². The first-order valence-corrected chi connectivity index (χ1v) is 13.9. The molecule has 39 heavy (non-hydrogen) atoms. The zero-order valence-corrected chi connectivity index (χ0v) is 22.7. The van der Waals surface area contributed by atoms with E-state index in [1.807, 2.05) is 62.4 Å². The van der Waals surface area contributed by atoms with Gasteiger partial charge in [-0.2, -0.15) is 0 Å². The first-order chi connectivity index (χ1) is 18.9.